The Morgan fingerprint density at radius 1 is 1.21 bits per heavy atom. The molecule has 0 spiro atoms. The second kappa shape index (κ2) is 6.75. The first-order valence-corrected chi connectivity index (χ1v) is 9.35. The van der Waals surface area contributed by atoms with Gasteiger partial charge in [-0.05, 0) is 39.2 Å². The normalized spacial score (nSPS) is 29.4. The SMILES string of the molecule is Cc1cc(C2CCCN2CC2CN(C3CCCCC3)C(=O)O2)on1. The molecule has 1 aromatic rings. The third kappa shape index (κ3) is 3.16. The molecule has 3 heterocycles. The first-order chi connectivity index (χ1) is 11.7. The van der Waals surface area contributed by atoms with Crippen molar-refractivity contribution in [2.75, 3.05) is 19.6 Å². The Morgan fingerprint density at radius 2 is 2.04 bits per heavy atom. The fourth-order valence-corrected chi connectivity index (χ4v) is 4.50. The van der Waals surface area contributed by atoms with E-state index in [1.807, 2.05) is 17.9 Å². The summed E-state index contributed by atoms with van der Waals surface area (Å²) >= 11 is 0. The summed E-state index contributed by atoms with van der Waals surface area (Å²) in [5.41, 5.74) is 0.924. The van der Waals surface area contributed by atoms with Crippen LogP contribution in [0.5, 0.6) is 0 Å². The van der Waals surface area contributed by atoms with E-state index in [1.165, 1.54) is 19.3 Å². The highest BCUT2D eigenvalue weighted by Crippen LogP contribution is 2.33. The van der Waals surface area contributed by atoms with Gasteiger partial charge in [0.1, 0.15) is 6.10 Å². The molecule has 3 fully saturated rings. The Balaban J connectivity index is 1.37. The van der Waals surface area contributed by atoms with Gasteiger partial charge in [-0.3, -0.25) is 4.90 Å². The number of hydrogen-bond acceptors (Lipinski definition) is 5. The maximum Gasteiger partial charge on any atom is 0.410 e. The van der Waals surface area contributed by atoms with Crippen LogP contribution in [0.1, 0.15) is 62.4 Å². The summed E-state index contributed by atoms with van der Waals surface area (Å²) in [4.78, 5) is 16.6. The molecule has 2 saturated heterocycles. The van der Waals surface area contributed by atoms with Crippen molar-refractivity contribution in [3.63, 3.8) is 0 Å². The Bertz CT molecular complexity index is 582. The molecule has 0 aromatic carbocycles. The molecule has 0 bridgehead atoms. The van der Waals surface area contributed by atoms with Crippen molar-refractivity contribution in [2.24, 2.45) is 0 Å². The van der Waals surface area contributed by atoms with Gasteiger partial charge < -0.3 is 14.2 Å². The van der Waals surface area contributed by atoms with Crippen molar-refractivity contribution in [2.45, 2.75) is 70.1 Å². The van der Waals surface area contributed by atoms with Gasteiger partial charge in [-0.1, -0.05) is 24.4 Å². The maximum absolute atomic E-state index is 12.3. The molecular formula is C18H27N3O3. The van der Waals surface area contributed by atoms with Gasteiger partial charge in [-0.2, -0.15) is 0 Å². The third-order valence-corrected chi connectivity index (χ3v) is 5.69. The molecule has 2 aliphatic heterocycles. The molecule has 1 aromatic heterocycles. The molecular weight excluding hydrogens is 306 g/mol. The molecule has 24 heavy (non-hydrogen) atoms. The Kier molecular flexibility index (Phi) is 4.48. The number of ether oxygens (including phenoxy) is 1. The largest absolute Gasteiger partial charge is 0.443 e. The van der Waals surface area contributed by atoms with Crippen LogP contribution in [0.4, 0.5) is 4.79 Å². The number of amides is 1. The van der Waals surface area contributed by atoms with Gasteiger partial charge in [0.05, 0.1) is 18.3 Å². The quantitative estimate of drug-likeness (QED) is 0.846. The van der Waals surface area contributed by atoms with Crippen LogP contribution in [0.25, 0.3) is 0 Å². The maximum atomic E-state index is 12.3. The molecule has 4 rings (SSSR count). The number of cyclic esters (lactones) is 1. The van der Waals surface area contributed by atoms with Gasteiger partial charge in [0.15, 0.2) is 5.76 Å². The number of aryl methyl sites for hydroxylation is 1. The van der Waals surface area contributed by atoms with Gasteiger partial charge in [0.25, 0.3) is 0 Å². The molecule has 0 N–H and O–H groups in total. The second-order valence-corrected chi connectivity index (χ2v) is 7.47. The molecule has 2 atom stereocenters. The smallest absolute Gasteiger partial charge is 0.410 e. The van der Waals surface area contributed by atoms with Crippen LogP contribution in [-0.2, 0) is 4.74 Å². The van der Waals surface area contributed by atoms with Crippen molar-refractivity contribution < 1.29 is 14.1 Å². The molecule has 1 amide bonds. The highest BCUT2D eigenvalue weighted by molar-refractivity contribution is 5.70. The first-order valence-electron chi connectivity index (χ1n) is 9.35. The highest BCUT2D eigenvalue weighted by atomic mass is 16.6. The molecule has 0 radical (unpaired) electrons. The topological polar surface area (TPSA) is 58.8 Å². The lowest BCUT2D eigenvalue weighted by Crippen LogP contribution is -2.39. The fourth-order valence-electron chi connectivity index (χ4n) is 4.50. The minimum atomic E-state index is -0.113. The lowest BCUT2D eigenvalue weighted by Gasteiger charge is -2.29. The summed E-state index contributed by atoms with van der Waals surface area (Å²) in [5.74, 6) is 0.943. The van der Waals surface area contributed by atoms with Crippen molar-refractivity contribution in [3.05, 3.63) is 17.5 Å². The van der Waals surface area contributed by atoms with Crippen LogP contribution in [0.2, 0.25) is 0 Å². The van der Waals surface area contributed by atoms with Gasteiger partial charge in [0.2, 0.25) is 0 Å². The van der Waals surface area contributed by atoms with E-state index in [2.05, 4.69) is 10.1 Å². The average molecular weight is 333 g/mol. The number of likely N-dealkylation sites (tertiary alicyclic amines) is 1. The Labute approximate surface area is 143 Å². The van der Waals surface area contributed by atoms with Crippen molar-refractivity contribution in [1.82, 2.24) is 15.0 Å². The third-order valence-electron chi connectivity index (χ3n) is 5.69. The summed E-state index contributed by atoms with van der Waals surface area (Å²) in [7, 11) is 0. The average Bonchev–Trinajstić information content (AvgIpc) is 3.29. The monoisotopic (exact) mass is 333 g/mol. The lowest BCUT2D eigenvalue weighted by molar-refractivity contribution is 0.0955. The molecule has 3 aliphatic rings. The van der Waals surface area contributed by atoms with Crippen LogP contribution >= 0.6 is 0 Å². The zero-order chi connectivity index (χ0) is 16.5. The zero-order valence-corrected chi connectivity index (χ0v) is 14.4. The van der Waals surface area contributed by atoms with Crippen molar-refractivity contribution in [3.8, 4) is 0 Å². The van der Waals surface area contributed by atoms with Crippen LogP contribution in [0.15, 0.2) is 10.6 Å². The number of aromatic nitrogens is 1. The summed E-state index contributed by atoms with van der Waals surface area (Å²) in [6, 6.07) is 2.69. The Morgan fingerprint density at radius 3 is 2.79 bits per heavy atom. The second-order valence-electron chi connectivity index (χ2n) is 7.47. The van der Waals surface area contributed by atoms with Crippen molar-refractivity contribution in [1.29, 1.82) is 0 Å². The van der Waals surface area contributed by atoms with E-state index in [0.29, 0.717) is 6.04 Å². The van der Waals surface area contributed by atoms with Gasteiger partial charge in [-0.15, -0.1) is 0 Å². The molecule has 6 nitrogen and oxygen atoms in total. The summed E-state index contributed by atoms with van der Waals surface area (Å²) < 4.78 is 11.1. The van der Waals surface area contributed by atoms with Crippen molar-refractivity contribution >= 4 is 6.09 Å². The standard InChI is InChI=1S/C18H27N3O3/c1-13-10-17(24-19-13)16-8-5-9-20(16)11-15-12-21(18(22)23-15)14-6-3-2-4-7-14/h10,14-16H,2-9,11-12H2,1H3. The first kappa shape index (κ1) is 15.9. The Hall–Kier alpha value is -1.56. The summed E-state index contributed by atoms with van der Waals surface area (Å²) in [5, 5.41) is 4.02. The molecule has 1 aliphatic carbocycles. The van der Waals surface area contributed by atoms with E-state index < -0.39 is 0 Å². The molecule has 132 valence electrons. The number of nitrogens with zero attached hydrogens (tertiary/aromatic N) is 3. The fraction of sp³-hybridized carbons (Fsp3) is 0.778. The van der Waals surface area contributed by atoms with E-state index in [9.17, 15) is 4.79 Å². The lowest BCUT2D eigenvalue weighted by atomic mass is 9.94. The van der Waals surface area contributed by atoms with E-state index in [-0.39, 0.29) is 18.2 Å². The zero-order valence-electron chi connectivity index (χ0n) is 14.4. The number of carbonyl (C=O) groups is 1. The van der Waals surface area contributed by atoms with Crippen LogP contribution in [-0.4, -0.2) is 52.8 Å². The van der Waals surface area contributed by atoms with E-state index in [0.717, 1.165) is 56.8 Å². The van der Waals surface area contributed by atoms with Gasteiger partial charge in [0, 0.05) is 18.7 Å². The van der Waals surface area contributed by atoms with Crippen LogP contribution < -0.4 is 0 Å². The predicted octanol–water partition coefficient (Wildman–Crippen LogP) is 3.27. The predicted molar refractivity (Wildman–Crippen MR) is 88.6 cm³/mol. The minimum Gasteiger partial charge on any atom is -0.443 e. The summed E-state index contributed by atoms with van der Waals surface area (Å²) in [6.07, 6.45) is 8.13. The summed E-state index contributed by atoms with van der Waals surface area (Å²) in [6.45, 7) is 4.51. The number of carbonyl (C=O) groups excluding carboxylic acids is 1. The molecule has 1 saturated carbocycles. The highest BCUT2D eigenvalue weighted by Gasteiger charge is 2.39. The van der Waals surface area contributed by atoms with E-state index >= 15 is 0 Å². The number of rotatable bonds is 4. The van der Waals surface area contributed by atoms with Crippen LogP contribution in [0, 0.1) is 6.92 Å². The van der Waals surface area contributed by atoms with Crippen LogP contribution in [0.3, 0.4) is 0 Å². The molecule has 6 heteroatoms. The van der Waals surface area contributed by atoms with E-state index in [4.69, 9.17) is 9.26 Å². The van der Waals surface area contributed by atoms with Gasteiger partial charge >= 0.3 is 6.09 Å². The molecule has 2 unspecified atom stereocenters. The van der Waals surface area contributed by atoms with E-state index in [1.54, 1.807) is 0 Å². The number of hydrogen-bond donors (Lipinski definition) is 0. The van der Waals surface area contributed by atoms with Gasteiger partial charge in [-0.25, -0.2) is 4.79 Å². The minimum absolute atomic E-state index is 0.0240.